The Kier molecular flexibility index (Phi) is 4.31. The summed E-state index contributed by atoms with van der Waals surface area (Å²) in [6, 6.07) is 0. The molecule has 1 aromatic heterocycles. The summed E-state index contributed by atoms with van der Waals surface area (Å²) in [6.45, 7) is 4.77. The number of carboxylic acid groups (broad SMARTS) is 1. The monoisotopic (exact) mass is 264 g/mol. The van der Waals surface area contributed by atoms with Crippen LogP contribution in [-0.2, 0) is 0 Å². The number of nitrogens with zero attached hydrogens (tertiary/aromatic N) is 3. The van der Waals surface area contributed by atoms with Crippen molar-refractivity contribution in [2.24, 2.45) is 5.92 Å². The maximum atomic E-state index is 11.1. The molecular weight excluding hydrogens is 244 g/mol. The second-order valence-corrected chi connectivity index (χ2v) is 5.12. The SMILES string of the molecule is Cc1ncc(C(=O)O)c(NCCC2CCN(C)C2)n1. The van der Waals surface area contributed by atoms with Crippen LogP contribution in [0.2, 0.25) is 0 Å². The molecule has 0 aromatic carbocycles. The summed E-state index contributed by atoms with van der Waals surface area (Å²) in [4.78, 5) is 21.5. The molecular formula is C13H20N4O2. The summed E-state index contributed by atoms with van der Waals surface area (Å²) in [5, 5.41) is 12.2. The fourth-order valence-corrected chi connectivity index (χ4v) is 2.42. The molecule has 2 N–H and O–H groups in total. The first-order valence-corrected chi connectivity index (χ1v) is 6.55. The molecule has 1 aliphatic heterocycles. The van der Waals surface area contributed by atoms with E-state index in [1.54, 1.807) is 6.92 Å². The molecule has 0 aliphatic carbocycles. The van der Waals surface area contributed by atoms with E-state index in [1.165, 1.54) is 12.6 Å². The molecule has 104 valence electrons. The van der Waals surface area contributed by atoms with Crippen LogP contribution >= 0.6 is 0 Å². The highest BCUT2D eigenvalue weighted by Crippen LogP contribution is 2.18. The Morgan fingerprint density at radius 1 is 1.63 bits per heavy atom. The average molecular weight is 264 g/mol. The molecule has 1 aromatic rings. The topological polar surface area (TPSA) is 78.3 Å². The number of aromatic nitrogens is 2. The summed E-state index contributed by atoms with van der Waals surface area (Å²) in [7, 11) is 2.13. The second kappa shape index (κ2) is 5.97. The van der Waals surface area contributed by atoms with Crippen molar-refractivity contribution in [3.63, 3.8) is 0 Å². The first-order valence-electron chi connectivity index (χ1n) is 6.55. The van der Waals surface area contributed by atoms with Crippen LogP contribution in [0.5, 0.6) is 0 Å². The minimum atomic E-state index is -0.997. The normalized spacial score (nSPS) is 19.6. The van der Waals surface area contributed by atoms with E-state index in [9.17, 15) is 4.79 Å². The van der Waals surface area contributed by atoms with Crippen LogP contribution in [-0.4, -0.2) is 52.6 Å². The molecule has 1 atom stereocenters. The number of hydrogen-bond acceptors (Lipinski definition) is 5. The molecule has 0 bridgehead atoms. The lowest BCUT2D eigenvalue weighted by molar-refractivity contribution is 0.0697. The van der Waals surface area contributed by atoms with Gasteiger partial charge in [0.15, 0.2) is 0 Å². The molecule has 2 rings (SSSR count). The van der Waals surface area contributed by atoms with Crippen molar-refractivity contribution in [2.75, 3.05) is 32.0 Å². The van der Waals surface area contributed by atoms with Crippen LogP contribution < -0.4 is 5.32 Å². The van der Waals surface area contributed by atoms with Gasteiger partial charge in [0.25, 0.3) is 0 Å². The van der Waals surface area contributed by atoms with Crippen molar-refractivity contribution in [1.29, 1.82) is 0 Å². The number of anilines is 1. The molecule has 2 heterocycles. The minimum absolute atomic E-state index is 0.133. The van der Waals surface area contributed by atoms with Crippen molar-refractivity contribution < 1.29 is 9.90 Å². The molecule has 6 nitrogen and oxygen atoms in total. The van der Waals surface area contributed by atoms with Gasteiger partial charge in [0.1, 0.15) is 17.2 Å². The Balaban J connectivity index is 1.91. The molecule has 6 heteroatoms. The Bertz CT molecular complexity index is 464. The first-order chi connectivity index (χ1) is 9.06. The van der Waals surface area contributed by atoms with E-state index < -0.39 is 5.97 Å². The summed E-state index contributed by atoms with van der Waals surface area (Å²) < 4.78 is 0. The van der Waals surface area contributed by atoms with Gasteiger partial charge in [-0.25, -0.2) is 14.8 Å². The van der Waals surface area contributed by atoms with Gasteiger partial charge >= 0.3 is 5.97 Å². The van der Waals surface area contributed by atoms with E-state index in [2.05, 4.69) is 27.2 Å². The van der Waals surface area contributed by atoms with E-state index in [1.807, 2.05) is 0 Å². The summed E-state index contributed by atoms with van der Waals surface area (Å²) in [5.41, 5.74) is 0.133. The van der Waals surface area contributed by atoms with Gasteiger partial charge in [0, 0.05) is 19.3 Å². The number of aromatic carboxylic acids is 1. The summed E-state index contributed by atoms with van der Waals surface area (Å²) in [6.07, 6.45) is 3.61. The van der Waals surface area contributed by atoms with Gasteiger partial charge in [-0.15, -0.1) is 0 Å². The highest BCUT2D eigenvalue weighted by Gasteiger charge is 2.19. The van der Waals surface area contributed by atoms with Crippen molar-refractivity contribution in [1.82, 2.24) is 14.9 Å². The van der Waals surface area contributed by atoms with E-state index in [-0.39, 0.29) is 5.56 Å². The van der Waals surface area contributed by atoms with Crippen LogP contribution in [0.4, 0.5) is 5.82 Å². The zero-order chi connectivity index (χ0) is 13.8. The molecule has 0 amide bonds. The molecule has 19 heavy (non-hydrogen) atoms. The number of likely N-dealkylation sites (tertiary alicyclic amines) is 1. The maximum Gasteiger partial charge on any atom is 0.341 e. The first kappa shape index (κ1) is 13.7. The minimum Gasteiger partial charge on any atom is -0.477 e. The Morgan fingerprint density at radius 2 is 2.42 bits per heavy atom. The summed E-state index contributed by atoms with van der Waals surface area (Å²) in [5.74, 6) is 0.691. The van der Waals surface area contributed by atoms with Crippen molar-refractivity contribution in [3.05, 3.63) is 17.6 Å². The zero-order valence-electron chi connectivity index (χ0n) is 11.4. The van der Waals surface area contributed by atoms with Gasteiger partial charge in [-0.3, -0.25) is 0 Å². The van der Waals surface area contributed by atoms with Crippen LogP contribution in [0.3, 0.4) is 0 Å². The second-order valence-electron chi connectivity index (χ2n) is 5.12. The molecule has 1 unspecified atom stereocenters. The van der Waals surface area contributed by atoms with E-state index in [4.69, 9.17) is 5.11 Å². The average Bonchev–Trinajstić information content (AvgIpc) is 2.75. The predicted molar refractivity (Wildman–Crippen MR) is 72.4 cm³/mol. The maximum absolute atomic E-state index is 11.1. The fraction of sp³-hybridized carbons (Fsp3) is 0.615. The van der Waals surface area contributed by atoms with Gasteiger partial charge in [0.2, 0.25) is 0 Å². The third-order valence-corrected chi connectivity index (χ3v) is 3.47. The lowest BCUT2D eigenvalue weighted by Crippen LogP contribution is -2.17. The molecule has 1 saturated heterocycles. The predicted octanol–water partition coefficient (Wildman–Crippen LogP) is 1.24. The molecule has 0 spiro atoms. The van der Waals surface area contributed by atoms with Crippen LogP contribution in [0, 0.1) is 12.8 Å². The number of hydrogen-bond donors (Lipinski definition) is 2. The third kappa shape index (κ3) is 3.64. The third-order valence-electron chi connectivity index (χ3n) is 3.47. The molecule has 0 saturated carbocycles. The number of carboxylic acids is 1. The smallest absolute Gasteiger partial charge is 0.341 e. The van der Waals surface area contributed by atoms with Crippen LogP contribution in [0.15, 0.2) is 6.20 Å². The van der Waals surface area contributed by atoms with Gasteiger partial charge in [0.05, 0.1) is 0 Å². The Hall–Kier alpha value is -1.69. The van der Waals surface area contributed by atoms with Gasteiger partial charge < -0.3 is 15.3 Å². The number of aryl methyl sites for hydroxylation is 1. The molecule has 1 aliphatic rings. The van der Waals surface area contributed by atoms with Crippen molar-refractivity contribution >= 4 is 11.8 Å². The Morgan fingerprint density at radius 3 is 3.05 bits per heavy atom. The van der Waals surface area contributed by atoms with E-state index in [0.29, 0.717) is 17.6 Å². The number of nitrogens with one attached hydrogen (secondary N) is 1. The van der Waals surface area contributed by atoms with E-state index >= 15 is 0 Å². The lowest BCUT2D eigenvalue weighted by atomic mass is 10.1. The fourth-order valence-electron chi connectivity index (χ4n) is 2.42. The van der Waals surface area contributed by atoms with Crippen LogP contribution in [0.25, 0.3) is 0 Å². The molecule has 1 fully saturated rings. The van der Waals surface area contributed by atoms with Crippen molar-refractivity contribution in [2.45, 2.75) is 19.8 Å². The van der Waals surface area contributed by atoms with Gasteiger partial charge in [-0.2, -0.15) is 0 Å². The standard InChI is InChI=1S/C13H20N4O2/c1-9-15-7-11(13(18)19)12(16-9)14-5-3-10-4-6-17(2)8-10/h7,10H,3-6,8H2,1-2H3,(H,18,19)(H,14,15,16). The Labute approximate surface area is 112 Å². The summed E-state index contributed by atoms with van der Waals surface area (Å²) >= 11 is 0. The van der Waals surface area contributed by atoms with Crippen LogP contribution in [0.1, 0.15) is 29.0 Å². The van der Waals surface area contributed by atoms with Crippen molar-refractivity contribution in [3.8, 4) is 0 Å². The molecule has 0 radical (unpaired) electrons. The van der Waals surface area contributed by atoms with Gasteiger partial charge in [-0.1, -0.05) is 0 Å². The number of rotatable bonds is 5. The van der Waals surface area contributed by atoms with E-state index in [0.717, 1.165) is 26.1 Å². The highest BCUT2D eigenvalue weighted by molar-refractivity contribution is 5.92. The highest BCUT2D eigenvalue weighted by atomic mass is 16.4. The number of carbonyl (C=O) groups is 1. The zero-order valence-corrected chi connectivity index (χ0v) is 11.4. The largest absolute Gasteiger partial charge is 0.477 e. The quantitative estimate of drug-likeness (QED) is 0.833. The van der Waals surface area contributed by atoms with Gasteiger partial charge in [-0.05, 0) is 39.3 Å². The lowest BCUT2D eigenvalue weighted by Gasteiger charge is -2.12.